The van der Waals surface area contributed by atoms with Gasteiger partial charge in [0.15, 0.2) is 0 Å². The molecule has 2 aliphatic rings. The fraction of sp³-hybridized carbons (Fsp3) is 0.500. The van der Waals surface area contributed by atoms with E-state index in [9.17, 15) is 9.18 Å². The van der Waals surface area contributed by atoms with Crippen LogP contribution in [0.1, 0.15) is 34.7 Å². The Bertz CT molecular complexity index is 515. The Labute approximate surface area is 122 Å². The number of halogens is 2. The standard InChI is InChI=1S/C14H16FNO3.ClH/c15-12-4-13(19-7-8-5-16-6-8)10(9-1-2-9)3-11(12)14(17)18;/h3-4,8-9,16H,1-2,5-7H2,(H,17,18);1H. The van der Waals surface area contributed by atoms with Crippen LogP contribution in [0, 0.1) is 11.7 Å². The fourth-order valence-electron chi connectivity index (χ4n) is 2.25. The van der Waals surface area contributed by atoms with Gasteiger partial charge in [-0.25, -0.2) is 9.18 Å². The summed E-state index contributed by atoms with van der Waals surface area (Å²) in [6.45, 7) is 2.40. The molecule has 0 unspecified atom stereocenters. The highest BCUT2D eigenvalue weighted by Crippen LogP contribution is 2.45. The minimum atomic E-state index is -1.23. The van der Waals surface area contributed by atoms with Crippen molar-refractivity contribution < 1.29 is 19.0 Å². The van der Waals surface area contributed by atoms with Gasteiger partial charge in [0.25, 0.3) is 0 Å². The minimum Gasteiger partial charge on any atom is -0.493 e. The highest BCUT2D eigenvalue weighted by atomic mass is 35.5. The van der Waals surface area contributed by atoms with Crippen LogP contribution in [0.25, 0.3) is 0 Å². The van der Waals surface area contributed by atoms with E-state index in [0.717, 1.165) is 31.5 Å². The van der Waals surface area contributed by atoms with Crippen molar-refractivity contribution in [1.82, 2.24) is 5.32 Å². The Hall–Kier alpha value is -1.33. The number of carboxylic acids is 1. The van der Waals surface area contributed by atoms with Gasteiger partial charge in [-0.05, 0) is 30.4 Å². The molecule has 1 heterocycles. The lowest BCUT2D eigenvalue weighted by atomic mass is 10.0. The van der Waals surface area contributed by atoms with Crippen molar-refractivity contribution in [2.75, 3.05) is 19.7 Å². The Morgan fingerprint density at radius 2 is 2.10 bits per heavy atom. The minimum absolute atomic E-state index is 0. The van der Waals surface area contributed by atoms with Gasteiger partial charge in [-0.3, -0.25) is 0 Å². The van der Waals surface area contributed by atoms with E-state index in [2.05, 4.69) is 5.32 Å². The second-order valence-electron chi connectivity index (χ2n) is 5.28. The third-order valence-corrected chi connectivity index (χ3v) is 3.69. The van der Waals surface area contributed by atoms with Crippen LogP contribution >= 0.6 is 12.4 Å². The lowest BCUT2D eigenvalue weighted by Crippen LogP contribution is -2.45. The predicted octanol–water partition coefficient (Wildman–Crippen LogP) is 2.42. The van der Waals surface area contributed by atoms with E-state index in [1.807, 2.05) is 0 Å². The van der Waals surface area contributed by atoms with Crippen LogP contribution in [0.3, 0.4) is 0 Å². The Balaban J connectivity index is 0.00000147. The molecule has 6 heteroatoms. The molecule has 1 aliphatic heterocycles. The highest BCUT2D eigenvalue weighted by Gasteiger charge is 2.30. The summed E-state index contributed by atoms with van der Waals surface area (Å²) in [5.41, 5.74) is 0.575. The van der Waals surface area contributed by atoms with Crippen molar-refractivity contribution in [2.45, 2.75) is 18.8 Å². The van der Waals surface area contributed by atoms with Crippen molar-refractivity contribution in [1.29, 1.82) is 0 Å². The predicted molar refractivity (Wildman–Crippen MR) is 74.4 cm³/mol. The van der Waals surface area contributed by atoms with Gasteiger partial charge in [0.05, 0.1) is 12.2 Å². The first-order chi connectivity index (χ1) is 9.15. The molecule has 2 fully saturated rings. The van der Waals surface area contributed by atoms with Crippen molar-refractivity contribution in [3.8, 4) is 5.75 Å². The fourth-order valence-corrected chi connectivity index (χ4v) is 2.25. The van der Waals surface area contributed by atoms with E-state index in [4.69, 9.17) is 9.84 Å². The van der Waals surface area contributed by atoms with E-state index in [1.165, 1.54) is 12.1 Å². The first kappa shape index (κ1) is 15.1. The molecule has 3 rings (SSSR count). The molecule has 1 aromatic rings. The molecule has 0 radical (unpaired) electrons. The number of benzene rings is 1. The zero-order valence-electron chi connectivity index (χ0n) is 10.9. The molecule has 1 aliphatic carbocycles. The summed E-state index contributed by atoms with van der Waals surface area (Å²) in [6, 6.07) is 2.66. The molecule has 110 valence electrons. The smallest absolute Gasteiger partial charge is 0.338 e. The first-order valence-corrected chi connectivity index (χ1v) is 6.55. The number of carbonyl (C=O) groups is 1. The third kappa shape index (κ3) is 3.04. The number of carboxylic acid groups (broad SMARTS) is 1. The van der Waals surface area contributed by atoms with Crippen LogP contribution < -0.4 is 10.1 Å². The van der Waals surface area contributed by atoms with Gasteiger partial charge < -0.3 is 15.2 Å². The second kappa shape index (κ2) is 5.97. The van der Waals surface area contributed by atoms with Gasteiger partial charge in [0, 0.05) is 25.1 Å². The number of ether oxygens (including phenoxy) is 1. The van der Waals surface area contributed by atoms with Gasteiger partial charge in [-0.2, -0.15) is 0 Å². The molecule has 1 aromatic carbocycles. The molecule has 20 heavy (non-hydrogen) atoms. The van der Waals surface area contributed by atoms with E-state index in [-0.39, 0.29) is 18.0 Å². The third-order valence-electron chi connectivity index (χ3n) is 3.69. The molecule has 2 N–H and O–H groups in total. The average molecular weight is 302 g/mol. The van der Waals surface area contributed by atoms with Gasteiger partial charge in [-0.1, -0.05) is 0 Å². The van der Waals surface area contributed by atoms with Crippen molar-refractivity contribution in [3.05, 3.63) is 29.1 Å². The van der Waals surface area contributed by atoms with E-state index >= 15 is 0 Å². The van der Waals surface area contributed by atoms with Crippen LogP contribution in [0.2, 0.25) is 0 Å². The number of nitrogens with one attached hydrogen (secondary N) is 1. The van der Waals surface area contributed by atoms with Crippen LogP contribution in [0.5, 0.6) is 5.75 Å². The maximum Gasteiger partial charge on any atom is 0.338 e. The van der Waals surface area contributed by atoms with Crippen LogP contribution in [-0.2, 0) is 0 Å². The quantitative estimate of drug-likeness (QED) is 0.877. The Morgan fingerprint density at radius 3 is 2.60 bits per heavy atom. The molecule has 0 atom stereocenters. The monoisotopic (exact) mass is 301 g/mol. The summed E-state index contributed by atoms with van der Waals surface area (Å²) in [5.74, 6) is -0.646. The molecular weight excluding hydrogens is 285 g/mol. The lowest BCUT2D eigenvalue weighted by molar-refractivity contribution is 0.0691. The van der Waals surface area contributed by atoms with Gasteiger partial charge in [0.2, 0.25) is 0 Å². The van der Waals surface area contributed by atoms with Crippen LogP contribution in [0.15, 0.2) is 12.1 Å². The van der Waals surface area contributed by atoms with Gasteiger partial charge >= 0.3 is 5.97 Å². The summed E-state index contributed by atoms with van der Waals surface area (Å²) >= 11 is 0. The van der Waals surface area contributed by atoms with E-state index in [0.29, 0.717) is 24.2 Å². The van der Waals surface area contributed by atoms with E-state index in [1.54, 1.807) is 0 Å². The Kier molecular flexibility index (Phi) is 4.50. The SMILES string of the molecule is Cl.O=C(O)c1cc(C2CC2)c(OCC2CNC2)cc1F. The largest absolute Gasteiger partial charge is 0.493 e. The van der Waals surface area contributed by atoms with Crippen molar-refractivity contribution in [3.63, 3.8) is 0 Å². The van der Waals surface area contributed by atoms with E-state index < -0.39 is 11.8 Å². The molecular formula is C14H17ClFNO3. The number of aromatic carboxylic acids is 1. The molecule has 0 aromatic heterocycles. The summed E-state index contributed by atoms with van der Waals surface area (Å²) in [4.78, 5) is 11.0. The van der Waals surface area contributed by atoms with Crippen molar-refractivity contribution in [2.24, 2.45) is 5.92 Å². The van der Waals surface area contributed by atoms with Gasteiger partial charge in [0.1, 0.15) is 11.6 Å². The molecule has 4 nitrogen and oxygen atoms in total. The van der Waals surface area contributed by atoms with Crippen LogP contribution in [-0.4, -0.2) is 30.8 Å². The second-order valence-corrected chi connectivity index (χ2v) is 5.28. The first-order valence-electron chi connectivity index (χ1n) is 6.55. The topological polar surface area (TPSA) is 58.6 Å². The Morgan fingerprint density at radius 1 is 1.40 bits per heavy atom. The van der Waals surface area contributed by atoms with Gasteiger partial charge in [-0.15, -0.1) is 12.4 Å². The average Bonchev–Trinajstić information content (AvgIpc) is 3.10. The normalized spacial score (nSPS) is 18.1. The number of hydrogen-bond acceptors (Lipinski definition) is 3. The molecule has 0 spiro atoms. The number of rotatable bonds is 5. The molecule has 1 saturated carbocycles. The molecule has 1 saturated heterocycles. The summed E-state index contributed by atoms with van der Waals surface area (Å²) < 4.78 is 19.4. The lowest BCUT2D eigenvalue weighted by Gasteiger charge is -2.27. The maximum absolute atomic E-state index is 13.7. The molecule has 0 amide bonds. The molecule has 0 bridgehead atoms. The summed E-state index contributed by atoms with van der Waals surface area (Å²) in [7, 11) is 0. The summed E-state index contributed by atoms with van der Waals surface area (Å²) in [5, 5.41) is 12.1. The highest BCUT2D eigenvalue weighted by molar-refractivity contribution is 5.88. The summed E-state index contributed by atoms with van der Waals surface area (Å²) in [6.07, 6.45) is 2.04. The zero-order chi connectivity index (χ0) is 13.4. The zero-order valence-corrected chi connectivity index (χ0v) is 11.7. The number of hydrogen-bond donors (Lipinski definition) is 2. The maximum atomic E-state index is 13.7. The van der Waals surface area contributed by atoms with Crippen molar-refractivity contribution >= 4 is 18.4 Å². The van der Waals surface area contributed by atoms with Crippen LogP contribution in [0.4, 0.5) is 4.39 Å².